The van der Waals surface area contributed by atoms with Crippen LogP contribution in [0.3, 0.4) is 0 Å². The third-order valence-electron chi connectivity index (χ3n) is 3.40. The number of hydrogen-bond acceptors (Lipinski definition) is 4. The molecule has 6 nitrogen and oxygen atoms in total. The summed E-state index contributed by atoms with van der Waals surface area (Å²) in [6.45, 7) is 1.79. The maximum atomic E-state index is 12.9. The van der Waals surface area contributed by atoms with Crippen LogP contribution in [-0.4, -0.2) is 16.2 Å². The number of benzene rings is 2. The van der Waals surface area contributed by atoms with E-state index in [9.17, 15) is 9.18 Å². The van der Waals surface area contributed by atoms with Crippen LogP contribution in [0.4, 0.5) is 15.2 Å². The molecule has 3 rings (SSSR count). The van der Waals surface area contributed by atoms with Crippen molar-refractivity contribution in [2.45, 2.75) is 13.0 Å². The van der Waals surface area contributed by atoms with Crippen molar-refractivity contribution in [1.29, 1.82) is 0 Å². The molecule has 122 valence electrons. The fourth-order valence-electron chi connectivity index (χ4n) is 2.14. The minimum absolute atomic E-state index is 0.00217. The summed E-state index contributed by atoms with van der Waals surface area (Å²) in [5, 5.41) is 9.01. The smallest absolute Gasteiger partial charge is 0.329 e. The van der Waals surface area contributed by atoms with Crippen molar-refractivity contribution >= 4 is 12.0 Å². The zero-order valence-electron chi connectivity index (χ0n) is 12.9. The van der Waals surface area contributed by atoms with Crippen LogP contribution in [0.5, 0.6) is 0 Å². The zero-order chi connectivity index (χ0) is 16.9. The highest BCUT2D eigenvalue weighted by atomic mass is 19.1. The molecule has 0 radical (unpaired) electrons. The molecule has 0 spiro atoms. The zero-order valence-corrected chi connectivity index (χ0v) is 12.9. The second-order valence-electron chi connectivity index (χ2n) is 5.16. The Kier molecular flexibility index (Phi) is 4.51. The van der Waals surface area contributed by atoms with Gasteiger partial charge in [0.25, 0.3) is 0 Å². The van der Waals surface area contributed by atoms with E-state index in [1.54, 1.807) is 19.1 Å². The predicted molar refractivity (Wildman–Crippen MR) is 86.7 cm³/mol. The fourth-order valence-corrected chi connectivity index (χ4v) is 2.14. The molecule has 7 heteroatoms. The van der Waals surface area contributed by atoms with Crippen molar-refractivity contribution in [2.24, 2.45) is 0 Å². The van der Waals surface area contributed by atoms with E-state index < -0.39 is 6.03 Å². The SMILES string of the molecule is C[C@@H](NC(=O)Nc1nc(-c2ccccc2)no1)c1ccc(F)cc1. The molecule has 1 atom stereocenters. The Bertz CT molecular complexity index is 818. The highest BCUT2D eigenvalue weighted by Gasteiger charge is 2.14. The number of hydrogen-bond donors (Lipinski definition) is 2. The molecule has 1 aromatic heterocycles. The summed E-state index contributed by atoms with van der Waals surface area (Å²) in [6.07, 6.45) is 0. The molecular formula is C17H15FN4O2. The number of urea groups is 1. The van der Waals surface area contributed by atoms with Crippen LogP contribution in [0.25, 0.3) is 11.4 Å². The van der Waals surface area contributed by atoms with Gasteiger partial charge in [-0.15, -0.1) is 0 Å². The van der Waals surface area contributed by atoms with Gasteiger partial charge in [0.1, 0.15) is 5.82 Å². The van der Waals surface area contributed by atoms with Crippen LogP contribution in [0, 0.1) is 5.82 Å². The van der Waals surface area contributed by atoms with E-state index in [0.717, 1.165) is 11.1 Å². The lowest BCUT2D eigenvalue weighted by Crippen LogP contribution is -2.31. The minimum Gasteiger partial charge on any atom is -0.331 e. The van der Waals surface area contributed by atoms with E-state index in [1.165, 1.54) is 12.1 Å². The van der Waals surface area contributed by atoms with Crippen molar-refractivity contribution in [3.05, 3.63) is 66.0 Å². The molecule has 2 aromatic carbocycles. The quantitative estimate of drug-likeness (QED) is 0.765. The summed E-state index contributed by atoms with van der Waals surface area (Å²) < 4.78 is 17.9. The van der Waals surface area contributed by atoms with Crippen molar-refractivity contribution in [3.8, 4) is 11.4 Å². The first-order valence-corrected chi connectivity index (χ1v) is 7.34. The number of rotatable bonds is 4. The van der Waals surface area contributed by atoms with Crippen LogP contribution >= 0.6 is 0 Å². The number of carbonyl (C=O) groups excluding carboxylic acids is 1. The highest BCUT2D eigenvalue weighted by Crippen LogP contribution is 2.17. The molecule has 2 N–H and O–H groups in total. The lowest BCUT2D eigenvalue weighted by molar-refractivity contribution is 0.248. The van der Waals surface area contributed by atoms with Gasteiger partial charge >= 0.3 is 12.0 Å². The number of anilines is 1. The molecule has 0 saturated carbocycles. The molecule has 24 heavy (non-hydrogen) atoms. The van der Waals surface area contributed by atoms with E-state index in [2.05, 4.69) is 20.8 Å². The molecule has 2 amide bonds. The molecule has 0 aliphatic heterocycles. The lowest BCUT2D eigenvalue weighted by atomic mass is 10.1. The van der Waals surface area contributed by atoms with Gasteiger partial charge in [0.2, 0.25) is 5.82 Å². The second kappa shape index (κ2) is 6.91. The number of halogens is 1. The minimum atomic E-state index is -0.491. The number of aromatic nitrogens is 2. The monoisotopic (exact) mass is 326 g/mol. The van der Waals surface area contributed by atoms with E-state index in [4.69, 9.17) is 4.52 Å². The number of carbonyl (C=O) groups is 1. The maximum Gasteiger partial charge on any atom is 0.329 e. The van der Waals surface area contributed by atoms with Gasteiger partial charge in [-0.3, -0.25) is 5.32 Å². The van der Waals surface area contributed by atoms with E-state index in [1.807, 2.05) is 30.3 Å². The van der Waals surface area contributed by atoms with Crippen LogP contribution in [0.15, 0.2) is 59.1 Å². The Morgan fingerprint density at radius 2 is 1.83 bits per heavy atom. The molecule has 0 saturated heterocycles. The van der Waals surface area contributed by atoms with Crippen LogP contribution < -0.4 is 10.6 Å². The predicted octanol–water partition coefficient (Wildman–Crippen LogP) is 3.76. The van der Waals surface area contributed by atoms with E-state index >= 15 is 0 Å². The van der Waals surface area contributed by atoms with E-state index in [-0.39, 0.29) is 17.9 Å². The first-order valence-electron chi connectivity index (χ1n) is 7.34. The van der Waals surface area contributed by atoms with E-state index in [0.29, 0.717) is 5.82 Å². The fraction of sp³-hybridized carbons (Fsp3) is 0.118. The summed E-state index contributed by atoms with van der Waals surface area (Å²) in [6, 6.07) is 14.4. The summed E-state index contributed by atoms with van der Waals surface area (Å²) in [7, 11) is 0. The third-order valence-corrected chi connectivity index (χ3v) is 3.40. The molecule has 1 heterocycles. The van der Waals surface area contributed by atoms with Gasteiger partial charge in [-0.05, 0) is 24.6 Å². The number of nitrogens with zero attached hydrogens (tertiary/aromatic N) is 2. The highest BCUT2D eigenvalue weighted by molar-refractivity contribution is 5.87. The van der Waals surface area contributed by atoms with Crippen molar-refractivity contribution in [1.82, 2.24) is 15.5 Å². The van der Waals surface area contributed by atoms with Gasteiger partial charge in [0.15, 0.2) is 0 Å². The standard InChI is InChI=1S/C17H15FN4O2/c1-11(12-7-9-14(18)10-8-12)19-16(23)21-17-20-15(22-24-17)13-5-3-2-4-6-13/h2-11H,1H3,(H2,19,20,21,22,23)/t11-/m1/s1. The molecule has 3 aromatic rings. The summed E-state index contributed by atoms with van der Waals surface area (Å²) >= 11 is 0. The molecule has 0 fully saturated rings. The van der Waals surface area contributed by atoms with Crippen molar-refractivity contribution in [3.63, 3.8) is 0 Å². The summed E-state index contributed by atoms with van der Waals surface area (Å²) in [5.41, 5.74) is 1.57. The molecular weight excluding hydrogens is 311 g/mol. The lowest BCUT2D eigenvalue weighted by Gasteiger charge is -2.13. The molecule has 0 unspecified atom stereocenters. The van der Waals surface area contributed by atoms with Gasteiger partial charge in [-0.1, -0.05) is 47.6 Å². The second-order valence-corrected chi connectivity index (χ2v) is 5.16. The van der Waals surface area contributed by atoms with Gasteiger partial charge in [-0.2, -0.15) is 4.98 Å². The Labute approximate surface area is 137 Å². The largest absolute Gasteiger partial charge is 0.331 e. The van der Waals surface area contributed by atoms with Crippen molar-refractivity contribution in [2.75, 3.05) is 5.32 Å². The average molecular weight is 326 g/mol. The maximum absolute atomic E-state index is 12.9. The van der Waals surface area contributed by atoms with Gasteiger partial charge in [0, 0.05) is 5.56 Å². The first-order chi connectivity index (χ1) is 11.6. The van der Waals surface area contributed by atoms with Crippen LogP contribution in [0.1, 0.15) is 18.5 Å². The van der Waals surface area contributed by atoms with Crippen LogP contribution in [0.2, 0.25) is 0 Å². The van der Waals surface area contributed by atoms with Gasteiger partial charge in [-0.25, -0.2) is 9.18 Å². The van der Waals surface area contributed by atoms with Crippen molar-refractivity contribution < 1.29 is 13.7 Å². The number of amides is 2. The Morgan fingerprint density at radius 3 is 2.54 bits per heavy atom. The topological polar surface area (TPSA) is 80.0 Å². The summed E-state index contributed by atoms with van der Waals surface area (Å²) in [5.74, 6) is 0.0622. The van der Waals surface area contributed by atoms with Gasteiger partial charge < -0.3 is 9.84 Å². The summed E-state index contributed by atoms with van der Waals surface area (Å²) in [4.78, 5) is 16.1. The number of nitrogens with one attached hydrogen (secondary N) is 2. The Balaban J connectivity index is 1.61. The van der Waals surface area contributed by atoms with Gasteiger partial charge in [0.05, 0.1) is 6.04 Å². The first kappa shape index (κ1) is 15.7. The third kappa shape index (κ3) is 3.75. The normalized spacial score (nSPS) is 11.8. The Morgan fingerprint density at radius 1 is 1.12 bits per heavy atom. The molecule has 0 bridgehead atoms. The van der Waals surface area contributed by atoms with Crippen LogP contribution in [-0.2, 0) is 0 Å². The average Bonchev–Trinajstić information content (AvgIpc) is 3.04. The molecule has 0 aliphatic rings. The Hall–Kier alpha value is -3.22. The molecule has 0 aliphatic carbocycles.